The zero-order valence-electron chi connectivity index (χ0n) is 11.8. The van der Waals surface area contributed by atoms with E-state index in [0.29, 0.717) is 0 Å². The molecule has 5 nitrogen and oxygen atoms in total. The number of piperidine rings is 1. The van der Waals surface area contributed by atoms with Gasteiger partial charge in [0.2, 0.25) is 0 Å². The Morgan fingerprint density at radius 3 is 2.35 bits per heavy atom. The van der Waals surface area contributed by atoms with Crippen LogP contribution in [0.1, 0.15) is 32.1 Å². The number of anilines is 2. The van der Waals surface area contributed by atoms with Crippen molar-refractivity contribution in [2.75, 3.05) is 36.4 Å². The molecular formula is C15H22N4O. The molecule has 3 rings (SSSR count). The summed E-state index contributed by atoms with van der Waals surface area (Å²) in [4.78, 5) is 20.6. The molecule has 20 heavy (non-hydrogen) atoms. The van der Waals surface area contributed by atoms with Gasteiger partial charge in [0.1, 0.15) is 5.82 Å². The molecule has 1 aromatic heterocycles. The number of carbonyl (C=O) groups is 1. The molecule has 0 aromatic carbocycles. The average Bonchev–Trinajstić information content (AvgIpc) is 3.03. The molecule has 5 heteroatoms. The van der Waals surface area contributed by atoms with Crippen LogP contribution in [0.3, 0.4) is 0 Å². The van der Waals surface area contributed by atoms with E-state index in [4.69, 9.17) is 0 Å². The van der Waals surface area contributed by atoms with Crippen LogP contribution in [0, 0.1) is 0 Å². The summed E-state index contributed by atoms with van der Waals surface area (Å²) in [5.41, 5.74) is 0.780. The van der Waals surface area contributed by atoms with E-state index in [2.05, 4.69) is 15.2 Å². The first-order valence-corrected chi connectivity index (χ1v) is 7.60. The fourth-order valence-corrected chi connectivity index (χ4v) is 2.89. The molecule has 0 unspecified atom stereocenters. The van der Waals surface area contributed by atoms with Crippen molar-refractivity contribution < 1.29 is 4.79 Å². The summed E-state index contributed by atoms with van der Waals surface area (Å²) in [6.07, 6.45) is 7.79. The summed E-state index contributed by atoms with van der Waals surface area (Å²) in [5, 5.41) is 2.92. The molecular weight excluding hydrogens is 252 g/mol. The van der Waals surface area contributed by atoms with Crippen LogP contribution >= 0.6 is 0 Å². The number of hydrogen-bond donors (Lipinski definition) is 1. The van der Waals surface area contributed by atoms with Gasteiger partial charge in [-0.25, -0.2) is 9.78 Å². The van der Waals surface area contributed by atoms with Crippen LogP contribution in [-0.2, 0) is 0 Å². The Morgan fingerprint density at radius 2 is 1.70 bits per heavy atom. The quantitative estimate of drug-likeness (QED) is 0.902. The summed E-state index contributed by atoms with van der Waals surface area (Å²) >= 11 is 0. The predicted octanol–water partition coefficient (Wildman–Crippen LogP) is 2.70. The van der Waals surface area contributed by atoms with E-state index in [1.54, 1.807) is 6.20 Å². The second-order valence-electron chi connectivity index (χ2n) is 5.58. The lowest BCUT2D eigenvalue weighted by molar-refractivity contribution is 0.222. The van der Waals surface area contributed by atoms with Gasteiger partial charge in [-0.1, -0.05) is 0 Å². The maximum atomic E-state index is 12.0. The van der Waals surface area contributed by atoms with E-state index in [0.717, 1.165) is 50.5 Å². The number of amides is 2. The highest BCUT2D eigenvalue weighted by molar-refractivity contribution is 5.89. The van der Waals surface area contributed by atoms with Gasteiger partial charge in [0.05, 0.1) is 11.9 Å². The van der Waals surface area contributed by atoms with Crippen molar-refractivity contribution in [2.45, 2.75) is 32.1 Å². The number of aromatic nitrogens is 1. The second-order valence-corrected chi connectivity index (χ2v) is 5.58. The number of urea groups is 1. The van der Waals surface area contributed by atoms with Crippen molar-refractivity contribution >= 4 is 17.5 Å². The maximum Gasteiger partial charge on any atom is 0.321 e. The van der Waals surface area contributed by atoms with Crippen LogP contribution < -0.4 is 10.2 Å². The standard InChI is InChI=1S/C15H22N4O/c20-15(19-10-4-5-11-19)17-13-6-7-14(16-12-13)18-8-2-1-3-9-18/h6-7,12H,1-5,8-11H2,(H,17,20). The third-order valence-electron chi connectivity index (χ3n) is 4.07. The third-order valence-corrected chi connectivity index (χ3v) is 4.07. The molecule has 2 aliphatic heterocycles. The zero-order valence-corrected chi connectivity index (χ0v) is 11.8. The molecule has 0 bridgehead atoms. The van der Waals surface area contributed by atoms with E-state index in [1.165, 1.54) is 19.3 Å². The summed E-state index contributed by atoms with van der Waals surface area (Å²) in [5.74, 6) is 1.02. The van der Waals surface area contributed by atoms with Crippen LogP contribution in [0.4, 0.5) is 16.3 Å². The Labute approximate surface area is 120 Å². The third kappa shape index (κ3) is 3.03. The zero-order chi connectivity index (χ0) is 13.8. The predicted molar refractivity (Wildman–Crippen MR) is 80.1 cm³/mol. The van der Waals surface area contributed by atoms with Gasteiger partial charge in [0.15, 0.2) is 0 Å². The molecule has 1 N–H and O–H groups in total. The number of likely N-dealkylation sites (tertiary alicyclic amines) is 1. The van der Waals surface area contributed by atoms with Gasteiger partial charge in [-0.2, -0.15) is 0 Å². The van der Waals surface area contributed by atoms with Gasteiger partial charge < -0.3 is 15.1 Å². The van der Waals surface area contributed by atoms with Gasteiger partial charge >= 0.3 is 6.03 Å². The number of nitrogens with one attached hydrogen (secondary N) is 1. The summed E-state index contributed by atoms with van der Waals surface area (Å²) < 4.78 is 0. The first-order chi connectivity index (χ1) is 9.83. The lowest BCUT2D eigenvalue weighted by atomic mass is 10.1. The van der Waals surface area contributed by atoms with Crippen LogP contribution in [-0.4, -0.2) is 42.1 Å². The molecule has 0 saturated carbocycles. The highest BCUT2D eigenvalue weighted by Gasteiger charge is 2.18. The van der Waals surface area contributed by atoms with Crippen LogP contribution in [0.2, 0.25) is 0 Å². The molecule has 2 saturated heterocycles. The number of hydrogen-bond acceptors (Lipinski definition) is 3. The number of rotatable bonds is 2. The summed E-state index contributed by atoms with van der Waals surface area (Å²) in [7, 11) is 0. The van der Waals surface area contributed by atoms with Crippen LogP contribution in [0.25, 0.3) is 0 Å². The van der Waals surface area contributed by atoms with Crippen molar-refractivity contribution in [3.05, 3.63) is 18.3 Å². The minimum Gasteiger partial charge on any atom is -0.357 e. The summed E-state index contributed by atoms with van der Waals surface area (Å²) in [6.45, 7) is 3.91. The van der Waals surface area contributed by atoms with Gasteiger partial charge in [0, 0.05) is 26.2 Å². The minimum atomic E-state index is -0.00461. The Hall–Kier alpha value is -1.78. The molecule has 1 aromatic rings. The first kappa shape index (κ1) is 13.2. The molecule has 0 atom stereocenters. The van der Waals surface area contributed by atoms with E-state index in [1.807, 2.05) is 17.0 Å². The molecule has 2 amide bonds. The Bertz CT molecular complexity index is 447. The smallest absolute Gasteiger partial charge is 0.321 e. The van der Waals surface area contributed by atoms with Gasteiger partial charge in [-0.05, 0) is 44.2 Å². The number of nitrogens with zero attached hydrogens (tertiary/aromatic N) is 3. The Morgan fingerprint density at radius 1 is 1.00 bits per heavy atom. The Balaban J connectivity index is 1.59. The minimum absolute atomic E-state index is 0.00461. The monoisotopic (exact) mass is 274 g/mol. The highest BCUT2D eigenvalue weighted by atomic mass is 16.2. The second kappa shape index (κ2) is 6.11. The van der Waals surface area contributed by atoms with E-state index < -0.39 is 0 Å². The molecule has 3 heterocycles. The van der Waals surface area contributed by atoms with Crippen molar-refractivity contribution in [1.29, 1.82) is 0 Å². The van der Waals surface area contributed by atoms with Gasteiger partial charge in [0.25, 0.3) is 0 Å². The van der Waals surface area contributed by atoms with Crippen molar-refractivity contribution in [3.63, 3.8) is 0 Å². The maximum absolute atomic E-state index is 12.0. The van der Waals surface area contributed by atoms with Gasteiger partial charge in [-0.15, -0.1) is 0 Å². The van der Waals surface area contributed by atoms with Gasteiger partial charge in [-0.3, -0.25) is 0 Å². The lowest BCUT2D eigenvalue weighted by Gasteiger charge is -2.27. The largest absolute Gasteiger partial charge is 0.357 e. The molecule has 108 valence electrons. The fourth-order valence-electron chi connectivity index (χ4n) is 2.89. The Kier molecular flexibility index (Phi) is 4.04. The molecule has 0 aliphatic carbocycles. The van der Waals surface area contributed by atoms with E-state index >= 15 is 0 Å². The molecule has 0 radical (unpaired) electrons. The van der Waals surface area contributed by atoms with Crippen LogP contribution in [0.5, 0.6) is 0 Å². The van der Waals surface area contributed by atoms with Crippen molar-refractivity contribution in [3.8, 4) is 0 Å². The van der Waals surface area contributed by atoms with E-state index in [9.17, 15) is 4.79 Å². The molecule has 2 aliphatic rings. The van der Waals surface area contributed by atoms with Crippen molar-refractivity contribution in [1.82, 2.24) is 9.88 Å². The number of carbonyl (C=O) groups excluding carboxylic acids is 1. The van der Waals surface area contributed by atoms with E-state index in [-0.39, 0.29) is 6.03 Å². The van der Waals surface area contributed by atoms with Crippen molar-refractivity contribution in [2.24, 2.45) is 0 Å². The topological polar surface area (TPSA) is 48.5 Å². The molecule has 0 spiro atoms. The fraction of sp³-hybridized carbons (Fsp3) is 0.600. The first-order valence-electron chi connectivity index (χ1n) is 7.60. The SMILES string of the molecule is O=C(Nc1ccc(N2CCCCC2)nc1)N1CCCC1. The highest BCUT2D eigenvalue weighted by Crippen LogP contribution is 2.19. The summed E-state index contributed by atoms with van der Waals surface area (Å²) in [6, 6.07) is 3.95. The number of pyridine rings is 1. The lowest BCUT2D eigenvalue weighted by Crippen LogP contribution is -2.32. The normalized spacial score (nSPS) is 19.2. The molecule has 2 fully saturated rings. The van der Waals surface area contributed by atoms with Crippen LogP contribution in [0.15, 0.2) is 18.3 Å². The average molecular weight is 274 g/mol.